The van der Waals surface area contributed by atoms with Gasteiger partial charge in [0.1, 0.15) is 11.2 Å². The molecule has 0 aromatic heterocycles. The first-order chi connectivity index (χ1) is 9.93. The van der Waals surface area contributed by atoms with Crippen LogP contribution in [0.3, 0.4) is 0 Å². The molecule has 116 valence electrons. The number of rotatable bonds is 7. The fourth-order valence-corrected chi connectivity index (χ4v) is 3.02. The van der Waals surface area contributed by atoms with Crippen molar-refractivity contribution in [1.82, 2.24) is 0 Å². The molecule has 0 spiro atoms. The highest BCUT2D eigenvalue weighted by Gasteiger charge is 2.21. The van der Waals surface area contributed by atoms with E-state index in [-0.39, 0.29) is 5.41 Å². The van der Waals surface area contributed by atoms with E-state index in [1.165, 1.54) is 22.9 Å². The largest absolute Gasteiger partial charge is 0.494 e. The van der Waals surface area contributed by atoms with Crippen LogP contribution in [-0.4, -0.2) is 12.4 Å². The summed E-state index contributed by atoms with van der Waals surface area (Å²) in [6, 6.07) is 6.60. The Balaban J connectivity index is 3.05. The summed E-state index contributed by atoms with van der Waals surface area (Å²) in [6.45, 7) is 11.6. The van der Waals surface area contributed by atoms with Gasteiger partial charge in [0, 0.05) is 5.75 Å². The third kappa shape index (κ3) is 5.28. The first kappa shape index (κ1) is 17.9. The van der Waals surface area contributed by atoms with Crippen LogP contribution in [0.25, 0.3) is 0 Å². The highest BCUT2D eigenvalue weighted by molar-refractivity contribution is 8.03. The fraction of sp³-hybridized carbons (Fsp3) is 0.611. The average molecular weight is 305 g/mol. The zero-order chi connectivity index (χ0) is 15.9. The maximum atomic E-state index is 8.67. The summed E-state index contributed by atoms with van der Waals surface area (Å²) >= 11 is 1.35. The molecule has 0 aliphatic carbocycles. The lowest BCUT2D eigenvalue weighted by atomic mass is 9.83. The normalized spacial score (nSPS) is 12.8. The van der Waals surface area contributed by atoms with E-state index in [2.05, 4.69) is 51.3 Å². The Kier molecular flexibility index (Phi) is 7.11. The fourth-order valence-electron chi connectivity index (χ4n) is 2.52. The van der Waals surface area contributed by atoms with Gasteiger partial charge in [0.05, 0.1) is 6.61 Å². The predicted molar refractivity (Wildman–Crippen MR) is 92.0 cm³/mol. The lowest BCUT2D eigenvalue weighted by Gasteiger charge is -2.25. The summed E-state index contributed by atoms with van der Waals surface area (Å²) in [6.07, 6.45) is 2.15. The molecule has 0 amide bonds. The van der Waals surface area contributed by atoms with Crippen molar-refractivity contribution in [3.63, 3.8) is 0 Å². The van der Waals surface area contributed by atoms with E-state index in [9.17, 15) is 0 Å². The van der Waals surface area contributed by atoms with Gasteiger partial charge in [-0.05, 0) is 60.1 Å². The van der Waals surface area contributed by atoms with E-state index in [0.29, 0.717) is 12.5 Å². The van der Waals surface area contributed by atoms with E-state index >= 15 is 0 Å². The summed E-state index contributed by atoms with van der Waals surface area (Å²) in [5.74, 6) is 2.41. The molecular weight excluding hydrogens is 278 g/mol. The molecule has 0 aliphatic rings. The van der Waals surface area contributed by atoms with Gasteiger partial charge >= 0.3 is 0 Å². The van der Waals surface area contributed by atoms with Gasteiger partial charge in [0.15, 0.2) is 0 Å². The molecule has 21 heavy (non-hydrogen) atoms. The molecule has 1 unspecified atom stereocenters. The SMILES string of the molecule is CCOc1ccc(C(CC)CCSC#N)cc1C(C)(C)C. The van der Waals surface area contributed by atoms with Crippen molar-refractivity contribution in [3.8, 4) is 11.2 Å². The van der Waals surface area contributed by atoms with E-state index < -0.39 is 0 Å². The number of nitrogens with zero attached hydrogens (tertiary/aromatic N) is 1. The molecule has 0 saturated heterocycles. The molecule has 1 atom stereocenters. The van der Waals surface area contributed by atoms with Crippen LogP contribution >= 0.6 is 11.8 Å². The van der Waals surface area contributed by atoms with Gasteiger partial charge < -0.3 is 4.74 Å². The standard InChI is InChI=1S/C18H27NOS/c1-6-14(10-11-21-13-19)15-8-9-17(20-7-2)16(12-15)18(3,4)5/h8-9,12,14H,6-7,10-11H2,1-5H3. The molecule has 0 bridgehead atoms. The molecule has 2 nitrogen and oxygen atoms in total. The average Bonchev–Trinajstić information content (AvgIpc) is 2.43. The van der Waals surface area contributed by atoms with Crippen LogP contribution in [0.15, 0.2) is 18.2 Å². The molecule has 1 aromatic rings. The Morgan fingerprint density at radius 2 is 2.00 bits per heavy atom. The first-order valence-corrected chi connectivity index (χ1v) is 8.70. The number of nitriles is 1. The second-order valence-electron chi connectivity index (χ2n) is 6.27. The molecule has 0 fully saturated rings. The number of ether oxygens (including phenoxy) is 1. The first-order valence-electron chi connectivity index (χ1n) is 7.72. The van der Waals surface area contributed by atoms with E-state index in [1.54, 1.807) is 0 Å². The van der Waals surface area contributed by atoms with Gasteiger partial charge in [0.2, 0.25) is 0 Å². The van der Waals surface area contributed by atoms with E-state index in [1.807, 2.05) is 6.92 Å². The molecule has 3 heteroatoms. The zero-order valence-electron chi connectivity index (χ0n) is 13.9. The van der Waals surface area contributed by atoms with Crippen LogP contribution in [0, 0.1) is 10.7 Å². The Bertz CT molecular complexity index is 485. The van der Waals surface area contributed by atoms with E-state index in [4.69, 9.17) is 10.00 Å². The second-order valence-corrected chi connectivity index (χ2v) is 7.15. The third-order valence-corrected chi connectivity index (χ3v) is 4.28. The Hall–Kier alpha value is -1.14. The van der Waals surface area contributed by atoms with Crippen LogP contribution in [0.2, 0.25) is 0 Å². The number of benzene rings is 1. The van der Waals surface area contributed by atoms with Gasteiger partial charge in [0.25, 0.3) is 0 Å². The minimum absolute atomic E-state index is 0.0697. The Morgan fingerprint density at radius 1 is 1.29 bits per heavy atom. The minimum atomic E-state index is 0.0697. The summed E-state index contributed by atoms with van der Waals surface area (Å²) in [5.41, 5.74) is 2.71. The molecule has 0 radical (unpaired) electrons. The molecular formula is C18H27NOS. The smallest absolute Gasteiger partial charge is 0.133 e. The highest BCUT2D eigenvalue weighted by atomic mass is 32.2. The van der Waals surface area contributed by atoms with E-state index in [0.717, 1.165) is 24.3 Å². The maximum Gasteiger partial charge on any atom is 0.133 e. The monoisotopic (exact) mass is 305 g/mol. The van der Waals surface area contributed by atoms with Gasteiger partial charge in [-0.3, -0.25) is 0 Å². The third-order valence-electron chi connectivity index (χ3n) is 3.71. The van der Waals surface area contributed by atoms with Crippen LogP contribution in [-0.2, 0) is 5.41 Å². The van der Waals surface area contributed by atoms with Crippen LogP contribution in [0.4, 0.5) is 0 Å². The van der Waals surface area contributed by atoms with Gasteiger partial charge in [-0.1, -0.05) is 39.8 Å². The number of thiocyanates is 1. The lowest BCUT2D eigenvalue weighted by Crippen LogP contribution is -2.14. The molecule has 1 aromatic carbocycles. The van der Waals surface area contributed by atoms with Crippen molar-refractivity contribution in [2.24, 2.45) is 0 Å². The quantitative estimate of drug-likeness (QED) is 0.494. The number of hydrogen-bond acceptors (Lipinski definition) is 3. The van der Waals surface area contributed by atoms with Crippen molar-refractivity contribution in [3.05, 3.63) is 29.3 Å². The van der Waals surface area contributed by atoms with Crippen molar-refractivity contribution < 1.29 is 4.74 Å². The lowest BCUT2D eigenvalue weighted by molar-refractivity contribution is 0.329. The van der Waals surface area contributed by atoms with Crippen LogP contribution < -0.4 is 4.74 Å². The van der Waals surface area contributed by atoms with Crippen molar-refractivity contribution in [2.45, 2.75) is 58.8 Å². The summed E-state index contributed by atoms with van der Waals surface area (Å²) in [5, 5.41) is 10.8. The summed E-state index contributed by atoms with van der Waals surface area (Å²) in [4.78, 5) is 0. The van der Waals surface area contributed by atoms with Crippen molar-refractivity contribution in [2.75, 3.05) is 12.4 Å². The van der Waals surface area contributed by atoms with Crippen LogP contribution in [0.5, 0.6) is 5.75 Å². The summed E-state index contributed by atoms with van der Waals surface area (Å²) < 4.78 is 5.78. The highest BCUT2D eigenvalue weighted by Crippen LogP contribution is 2.35. The molecule has 0 saturated carbocycles. The van der Waals surface area contributed by atoms with Gasteiger partial charge in [-0.15, -0.1) is 0 Å². The topological polar surface area (TPSA) is 33.0 Å². The molecule has 0 aliphatic heterocycles. The number of thioether (sulfide) groups is 1. The van der Waals surface area contributed by atoms with Crippen molar-refractivity contribution in [1.29, 1.82) is 5.26 Å². The predicted octanol–water partition coefficient (Wildman–Crippen LogP) is 5.48. The molecule has 1 rings (SSSR count). The summed E-state index contributed by atoms with van der Waals surface area (Å²) in [7, 11) is 0. The van der Waals surface area contributed by atoms with Gasteiger partial charge in [-0.25, -0.2) is 0 Å². The Morgan fingerprint density at radius 3 is 2.52 bits per heavy atom. The number of hydrogen-bond donors (Lipinski definition) is 0. The maximum absolute atomic E-state index is 8.67. The second kappa shape index (κ2) is 8.34. The van der Waals surface area contributed by atoms with Crippen LogP contribution in [0.1, 0.15) is 64.5 Å². The van der Waals surface area contributed by atoms with Crippen molar-refractivity contribution >= 4 is 11.8 Å². The molecule has 0 heterocycles. The minimum Gasteiger partial charge on any atom is -0.494 e. The van der Waals surface area contributed by atoms with Gasteiger partial charge in [-0.2, -0.15) is 5.26 Å². The Labute approximate surface area is 133 Å². The molecule has 0 N–H and O–H groups in total. The zero-order valence-corrected chi connectivity index (χ0v) is 14.7.